The molecule has 9 heteroatoms. The van der Waals surface area contributed by atoms with E-state index < -0.39 is 5.25 Å². The Hall–Kier alpha value is -4.24. The highest BCUT2D eigenvalue weighted by Gasteiger charge is 2.30. The van der Waals surface area contributed by atoms with Crippen molar-refractivity contribution in [1.29, 1.82) is 0 Å². The molecule has 0 saturated carbocycles. The van der Waals surface area contributed by atoms with Gasteiger partial charge in [-0.25, -0.2) is 0 Å². The number of fused-ring (bicyclic) bond motifs is 2. The lowest BCUT2D eigenvalue weighted by atomic mass is 9.84. The van der Waals surface area contributed by atoms with Crippen LogP contribution in [-0.4, -0.2) is 37.5 Å². The number of allylic oxidation sites excluding steroid dienone is 1. The zero-order valence-corrected chi connectivity index (χ0v) is 20.5. The molecule has 0 fully saturated rings. The van der Waals surface area contributed by atoms with Crippen LogP contribution in [0.2, 0.25) is 0 Å². The van der Waals surface area contributed by atoms with E-state index in [-0.39, 0.29) is 23.0 Å². The molecule has 1 N–H and O–H groups in total. The number of carbonyl (C=O) groups excluding carboxylic acids is 3. The third kappa shape index (κ3) is 4.07. The molecule has 4 aromatic rings. The molecule has 0 aliphatic heterocycles. The first-order valence-corrected chi connectivity index (χ1v) is 12.2. The molecule has 0 saturated heterocycles. The molecule has 1 aliphatic carbocycles. The summed E-state index contributed by atoms with van der Waals surface area (Å²) in [7, 11) is 0. The minimum absolute atomic E-state index is 0.202. The van der Waals surface area contributed by atoms with E-state index in [0.717, 1.165) is 11.3 Å². The summed E-state index contributed by atoms with van der Waals surface area (Å²) in [5, 5.41) is 11.5. The van der Waals surface area contributed by atoms with Crippen molar-refractivity contribution in [2.45, 2.75) is 30.8 Å². The van der Waals surface area contributed by atoms with E-state index in [2.05, 4.69) is 22.1 Å². The zero-order chi connectivity index (χ0) is 25.4. The monoisotopic (exact) mass is 498 g/mol. The molecule has 1 aliphatic rings. The highest BCUT2D eigenvalue weighted by Crippen LogP contribution is 2.31. The van der Waals surface area contributed by atoms with Crippen LogP contribution in [0.25, 0.3) is 11.4 Å². The molecule has 180 valence electrons. The maximum atomic E-state index is 13.0. The van der Waals surface area contributed by atoms with Crippen molar-refractivity contribution >= 4 is 34.9 Å². The normalized spacial score (nSPS) is 13.2. The Labute approximate surface area is 211 Å². The van der Waals surface area contributed by atoms with Gasteiger partial charge >= 0.3 is 0 Å². The number of benzene rings is 2. The number of nitrogens with zero attached hydrogens (tertiary/aromatic N) is 3. The van der Waals surface area contributed by atoms with Gasteiger partial charge in [0.25, 0.3) is 0 Å². The Morgan fingerprint density at radius 3 is 2.42 bits per heavy atom. The van der Waals surface area contributed by atoms with Crippen molar-refractivity contribution in [1.82, 2.24) is 14.8 Å². The second-order valence-electron chi connectivity index (χ2n) is 8.31. The van der Waals surface area contributed by atoms with Crippen LogP contribution in [0.15, 0.2) is 77.0 Å². The molecule has 8 nitrogen and oxygen atoms in total. The number of ketones is 2. The number of hydrogen-bond acceptors (Lipinski definition) is 7. The highest BCUT2D eigenvalue weighted by atomic mass is 32.2. The lowest BCUT2D eigenvalue weighted by molar-refractivity contribution is -0.115. The van der Waals surface area contributed by atoms with Gasteiger partial charge in [0, 0.05) is 34.5 Å². The third-order valence-electron chi connectivity index (χ3n) is 5.97. The number of anilines is 1. The summed E-state index contributed by atoms with van der Waals surface area (Å²) in [5.41, 5.74) is 2.64. The number of rotatable bonds is 7. The summed E-state index contributed by atoms with van der Waals surface area (Å²) in [4.78, 5) is 38.8. The number of furan rings is 1. The number of thioether (sulfide) groups is 1. The van der Waals surface area contributed by atoms with Crippen LogP contribution in [0.1, 0.15) is 44.5 Å². The highest BCUT2D eigenvalue weighted by molar-refractivity contribution is 8.00. The molecule has 0 spiro atoms. The lowest BCUT2D eigenvalue weighted by Gasteiger charge is -2.18. The van der Waals surface area contributed by atoms with E-state index in [1.54, 1.807) is 61.7 Å². The van der Waals surface area contributed by atoms with E-state index >= 15 is 0 Å². The second-order valence-corrected chi connectivity index (χ2v) is 9.62. The molecule has 1 amide bonds. The Morgan fingerprint density at radius 1 is 1.06 bits per heavy atom. The number of nitrogens with one attached hydrogen (secondary N) is 1. The second kappa shape index (κ2) is 9.43. The Balaban J connectivity index is 1.35. The van der Waals surface area contributed by atoms with Crippen molar-refractivity contribution in [3.63, 3.8) is 0 Å². The summed E-state index contributed by atoms with van der Waals surface area (Å²) in [6.07, 6.45) is 3.33. The van der Waals surface area contributed by atoms with Gasteiger partial charge in [-0.3, -0.25) is 19.0 Å². The van der Waals surface area contributed by atoms with Gasteiger partial charge in [0.15, 0.2) is 22.5 Å². The standard InChI is InChI=1S/C27H22N4O4S/c1-4-12-31-25(18-11-13-35-15(18)2)29-30-27(31)36-16(3)26(34)28-17-9-10-21-22(14-17)24(33)20-8-6-5-7-19(20)23(21)32/h4-11,13-14,16H,1,12H2,2-3H3,(H,28,34). The van der Waals surface area contributed by atoms with Crippen molar-refractivity contribution in [2.75, 3.05) is 5.32 Å². The predicted molar refractivity (Wildman–Crippen MR) is 136 cm³/mol. The van der Waals surface area contributed by atoms with Gasteiger partial charge < -0.3 is 9.73 Å². The summed E-state index contributed by atoms with van der Waals surface area (Å²) < 4.78 is 7.27. The van der Waals surface area contributed by atoms with E-state index in [0.29, 0.717) is 39.9 Å². The predicted octanol–water partition coefficient (Wildman–Crippen LogP) is 4.93. The molecule has 36 heavy (non-hydrogen) atoms. The molecule has 1 unspecified atom stereocenters. The third-order valence-corrected chi connectivity index (χ3v) is 7.05. The number of hydrogen-bond donors (Lipinski definition) is 1. The maximum absolute atomic E-state index is 13.0. The van der Waals surface area contributed by atoms with Gasteiger partial charge in [-0.15, -0.1) is 16.8 Å². The van der Waals surface area contributed by atoms with Gasteiger partial charge in [0.1, 0.15) is 5.76 Å². The van der Waals surface area contributed by atoms with Crippen LogP contribution < -0.4 is 5.32 Å². The van der Waals surface area contributed by atoms with Crippen molar-refractivity contribution < 1.29 is 18.8 Å². The van der Waals surface area contributed by atoms with Gasteiger partial charge in [-0.2, -0.15) is 0 Å². The van der Waals surface area contributed by atoms with E-state index in [1.165, 1.54) is 11.8 Å². The molecule has 2 aromatic carbocycles. The molecule has 2 aromatic heterocycles. The SMILES string of the molecule is C=CCn1c(SC(C)C(=O)Nc2ccc3c(c2)C(=O)c2ccccc2C3=O)nnc1-c1ccoc1C. The fraction of sp³-hybridized carbons (Fsp3) is 0.148. The summed E-state index contributed by atoms with van der Waals surface area (Å²) in [6, 6.07) is 13.3. The smallest absolute Gasteiger partial charge is 0.237 e. The average Bonchev–Trinajstić information content (AvgIpc) is 3.48. The molecule has 1 atom stereocenters. The molecule has 0 radical (unpaired) electrons. The van der Waals surface area contributed by atoms with E-state index in [4.69, 9.17) is 4.42 Å². The first kappa shape index (κ1) is 23.5. The van der Waals surface area contributed by atoms with Crippen molar-refractivity contribution in [2.24, 2.45) is 0 Å². The van der Waals surface area contributed by atoms with E-state index in [1.807, 2.05) is 17.6 Å². The van der Waals surface area contributed by atoms with Crippen molar-refractivity contribution in [3.05, 3.63) is 95.5 Å². The summed E-state index contributed by atoms with van der Waals surface area (Å²) in [5.74, 6) is 0.641. The fourth-order valence-corrected chi connectivity index (χ4v) is 4.98. The quantitative estimate of drug-likeness (QED) is 0.250. The van der Waals surface area contributed by atoms with Crippen LogP contribution >= 0.6 is 11.8 Å². The number of aryl methyl sites for hydroxylation is 1. The lowest BCUT2D eigenvalue weighted by Crippen LogP contribution is -2.24. The average molecular weight is 499 g/mol. The summed E-state index contributed by atoms with van der Waals surface area (Å²) in [6.45, 7) is 7.89. The largest absolute Gasteiger partial charge is 0.469 e. The molecular weight excluding hydrogens is 476 g/mol. The van der Waals surface area contributed by atoms with Gasteiger partial charge in [0.05, 0.1) is 17.1 Å². The molecule has 5 rings (SSSR count). The van der Waals surface area contributed by atoms with Crippen LogP contribution in [0.5, 0.6) is 0 Å². The van der Waals surface area contributed by atoms with Crippen molar-refractivity contribution in [3.8, 4) is 11.4 Å². The minimum Gasteiger partial charge on any atom is -0.469 e. The van der Waals surface area contributed by atoms with E-state index in [9.17, 15) is 14.4 Å². The zero-order valence-electron chi connectivity index (χ0n) is 19.6. The van der Waals surface area contributed by atoms with Gasteiger partial charge in [0.2, 0.25) is 5.91 Å². The van der Waals surface area contributed by atoms with Crippen LogP contribution in [0.3, 0.4) is 0 Å². The Morgan fingerprint density at radius 2 is 1.75 bits per heavy atom. The first-order chi connectivity index (χ1) is 17.4. The van der Waals surface area contributed by atoms with Gasteiger partial charge in [-0.05, 0) is 38.1 Å². The molecule has 0 bridgehead atoms. The fourth-order valence-electron chi connectivity index (χ4n) is 4.12. The first-order valence-electron chi connectivity index (χ1n) is 11.3. The number of carbonyl (C=O) groups is 3. The molecular formula is C27H22N4O4S. The Bertz CT molecular complexity index is 1530. The maximum Gasteiger partial charge on any atom is 0.237 e. The van der Waals surface area contributed by atoms with Crippen LogP contribution in [0.4, 0.5) is 5.69 Å². The van der Waals surface area contributed by atoms with Gasteiger partial charge in [-0.1, -0.05) is 42.1 Å². The molecule has 2 heterocycles. The Kier molecular flexibility index (Phi) is 6.15. The minimum atomic E-state index is -0.523. The number of amides is 1. The van der Waals surface area contributed by atoms with Crippen LogP contribution in [0, 0.1) is 6.92 Å². The summed E-state index contributed by atoms with van der Waals surface area (Å²) >= 11 is 1.26. The van der Waals surface area contributed by atoms with Crippen LogP contribution in [-0.2, 0) is 11.3 Å². The topological polar surface area (TPSA) is 107 Å². The number of aromatic nitrogens is 3.